The lowest BCUT2D eigenvalue weighted by Crippen LogP contribution is -2.23. The highest BCUT2D eigenvalue weighted by atomic mass is 79.9. The van der Waals surface area contributed by atoms with Crippen molar-refractivity contribution in [1.82, 2.24) is 0 Å². The Bertz CT molecular complexity index is 475. The van der Waals surface area contributed by atoms with Gasteiger partial charge < -0.3 is 0 Å². The van der Waals surface area contributed by atoms with Gasteiger partial charge in [-0.05, 0) is 42.5 Å². The Morgan fingerprint density at radius 3 is 2.11 bits per heavy atom. The summed E-state index contributed by atoms with van der Waals surface area (Å²) in [4.78, 5) is 0.195. The lowest BCUT2D eigenvalue weighted by Gasteiger charge is -2.25. The minimum absolute atomic E-state index is 0.0948. The van der Waals surface area contributed by atoms with Crippen LogP contribution in [0.25, 0.3) is 0 Å². The first-order valence-corrected chi connectivity index (χ1v) is 8.18. The third-order valence-electron chi connectivity index (χ3n) is 3.37. The molecule has 0 spiro atoms. The molecule has 1 rings (SSSR count). The molecule has 0 saturated heterocycles. The van der Waals surface area contributed by atoms with Crippen molar-refractivity contribution in [2.45, 2.75) is 38.5 Å². The molecule has 0 aliphatic carbocycles. The molecule has 0 unspecified atom stereocenters. The largest absolute Gasteiger partial charge is 0.296 e. The molecule has 0 fully saturated rings. The molecular weight excluding hydrogens is 316 g/mol. The summed E-state index contributed by atoms with van der Waals surface area (Å²) in [6.07, 6.45) is 1.78. The molecule has 5 heteroatoms. The predicted molar refractivity (Wildman–Crippen MR) is 76.0 cm³/mol. The van der Waals surface area contributed by atoms with E-state index in [2.05, 4.69) is 15.9 Å². The molecule has 18 heavy (non-hydrogen) atoms. The lowest BCUT2D eigenvalue weighted by molar-refractivity contribution is 0.157. The molecule has 3 nitrogen and oxygen atoms in total. The van der Waals surface area contributed by atoms with Gasteiger partial charge in [-0.15, -0.1) is 0 Å². The van der Waals surface area contributed by atoms with Crippen LogP contribution < -0.4 is 0 Å². The number of benzene rings is 1. The lowest BCUT2D eigenvalue weighted by atomic mass is 9.86. The number of hydrogen-bond donors (Lipinski definition) is 0. The Morgan fingerprint density at radius 2 is 1.67 bits per heavy atom. The average molecular weight is 335 g/mol. The standard InChI is InChI=1S/C13H19BrO3S/c1-4-13(3,5-2)10-17-18(15,16)12-8-6-11(14)7-9-12/h6-9H,4-5,10H2,1-3H3. The third kappa shape index (κ3) is 4.07. The van der Waals surface area contributed by atoms with Crippen molar-refractivity contribution in [1.29, 1.82) is 0 Å². The minimum atomic E-state index is -3.65. The van der Waals surface area contributed by atoms with E-state index >= 15 is 0 Å². The van der Waals surface area contributed by atoms with Gasteiger partial charge in [-0.1, -0.05) is 36.7 Å². The second-order valence-electron chi connectivity index (χ2n) is 4.69. The van der Waals surface area contributed by atoms with Crippen molar-refractivity contribution in [3.05, 3.63) is 28.7 Å². The first-order valence-electron chi connectivity index (χ1n) is 5.98. The van der Waals surface area contributed by atoms with Gasteiger partial charge >= 0.3 is 0 Å². The van der Waals surface area contributed by atoms with Crippen molar-refractivity contribution in [3.63, 3.8) is 0 Å². The second-order valence-corrected chi connectivity index (χ2v) is 7.22. The summed E-state index contributed by atoms with van der Waals surface area (Å²) in [7, 11) is -3.65. The summed E-state index contributed by atoms with van der Waals surface area (Å²) >= 11 is 3.27. The maximum atomic E-state index is 12.0. The molecule has 0 amide bonds. The van der Waals surface area contributed by atoms with Crippen LogP contribution in [0.15, 0.2) is 33.6 Å². The van der Waals surface area contributed by atoms with Crippen LogP contribution in [-0.4, -0.2) is 15.0 Å². The minimum Gasteiger partial charge on any atom is -0.266 e. The molecule has 0 aromatic heterocycles. The highest BCUT2D eigenvalue weighted by molar-refractivity contribution is 9.10. The van der Waals surface area contributed by atoms with Gasteiger partial charge in [0, 0.05) is 4.47 Å². The fraction of sp³-hybridized carbons (Fsp3) is 0.538. The number of halogens is 1. The van der Waals surface area contributed by atoms with Gasteiger partial charge in [-0.2, -0.15) is 8.42 Å². The Hall–Kier alpha value is -0.390. The monoisotopic (exact) mass is 334 g/mol. The summed E-state index contributed by atoms with van der Waals surface area (Å²) in [5.74, 6) is 0. The van der Waals surface area contributed by atoms with E-state index in [9.17, 15) is 8.42 Å². The molecule has 0 aliphatic heterocycles. The summed E-state index contributed by atoms with van der Waals surface area (Å²) in [5, 5.41) is 0. The average Bonchev–Trinajstić information content (AvgIpc) is 2.37. The van der Waals surface area contributed by atoms with Crippen LogP contribution in [0.2, 0.25) is 0 Å². The summed E-state index contributed by atoms with van der Waals surface area (Å²) in [6.45, 7) is 6.33. The van der Waals surface area contributed by atoms with E-state index in [0.717, 1.165) is 17.3 Å². The molecular formula is C13H19BrO3S. The molecule has 0 radical (unpaired) electrons. The van der Waals surface area contributed by atoms with E-state index in [0.29, 0.717) is 0 Å². The van der Waals surface area contributed by atoms with Crippen LogP contribution in [0, 0.1) is 5.41 Å². The highest BCUT2D eigenvalue weighted by Gasteiger charge is 2.24. The molecule has 0 aliphatic rings. The van der Waals surface area contributed by atoms with Gasteiger partial charge in [-0.25, -0.2) is 0 Å². The topological polar surface area (TPSA) is 43.4 Å². The van der Waals surface area contributed by atoms with E-state index in [-0.39, 0.29) is 16.9 Å². The van der Waals surface area contributed by atoms with E-state index in [1.165, 1.54) is 12.1 Å². The summed E-state index contributed by atoms with van der Waals surface area (Å²) in [5.41, 5.74) is -0.0948. The zero-order valence-electron chi connectivity index (χ0n) is 10.9. The van der Waals surface area contributed by atoms with Gasteiger partial charge in [0.05, 0.1) is 11.5 Å². The van der Waals surface area contributed by atoms with Crippen LogP contribution in [0.1, 0.15) is 33.6 Å². The fourth-order valence-corrected chi connectivity index (χ4v) is 2.65. The van der Waals surface area contributed by atoms with Gasteiger partial charge in [0.15, 0.2) is 0 Å². The zero-order chi connectivity index (χ0) is 13.8. The second kappa shape index (κ2) is 6.17. The normalized spacial score (nSPS) is 12.7. The number of hydrogen-bond acceptors (Lipinski definition) is 3. The van der Waals surface area contributed by atoms with Crippen LogP contribution in [0.3, 0.4) is 0 Å². The smallest absolute Gasteiger partial charge is 0.266 e. The highest BCUT2D eigenvalue weighted by Crippen LogP contribution is 2.27. The molecule has 0 bridgehead atoms. The SMILES string of the molecule is CCC(C)(CC)COS(=O)(=O)c1ccc(Br)cc1. The van der Waals surface area contributed by atoms with Gasteiger partial charge in [0.1, 0.15) is 0 Å². The third-order valence-corrected chi connectivity index (χ3v) is 5.18. The van der Waals surface area contributed by atoms with E-state index < -0.39 is 10.1 Å². The Balaban J connectivity index is 2.80. The van der Waals surface area contributed by atoms with Crippen molar-refractivity contribution < 1.29 is 12.6 Å². The first-order chi connectivity index (χ1) is 8.33. The van der Waals surface area contributed by atoms with E-state index in [4.69, 9.17) is 4.18 Å². The van der Waals surface area contributed by atoms with Crippen LogP contribution >= 0.6 is 15.9 Å². The van der Waals surface area contributed by atoms with Crippen LogP contribution in [0.4, 0.5) is 0 Å². The summed E-state index contributed by atoms with van der Waals surface area (Å²) < 4.78 is 30.0. The maximum absolute atomic E-state index is 12.0. The maximum Gasteiger partial charge on any atom is 0.296 e. The van der Waals surface area contributed by atoms with Gasteiger partial charge in [0.25, 0.3) is 10.1 Å². The quantitative estimate of drug-likeness (QED) is 0.739. The van der Waals surface area contributed by atoms with Crippen molar-refractivity contribution >= 4 is 26.0 Å². The molecule has 102 valence electrons. The van der Waals surface area contributed by atoms with Crippen LogP contribution in [0.5, 0.6) is 0 Å². The van der Waals surface area contributed by atoms with E-state index in [1.807, 2.05) is 20.8 Å². The first kappa shape index (κ1) is 15.7. The fourth-order valence-electron chi connectivity index (χ4n) is 1.34. The molecule has 0 saturated carbocycles. The Kier molecular flexibility index (Phi) is 5.37. The number of rotatable bonds is 6. The molecule has 0 heterocycles. The molecule has 0 N–H and O–H groups in total. The van der Waals surface area contributed by atoms with Crippen molar-refractivity contribution in [3.8, 4) is 0 Å². The molecule has 1 aromatic rings. The van der Waals surface area contributed by atoms with E-state index in [1.54, 1.807) is 12.1 Å². The Morgan fingerprint density at radius 1 is 1.17 bits per heavy atom. The molecule has 0 atom stereocenters. The van der Waals surface area contributed by atoms with Gasteiger partial charge in [-0.3, -0.25) is 4.18 Å². The van der Waals surface area contributed by atoms with Gasteiger partial charge in [0.2, 0.25) is 0 Å². The zero-order valence-corrected chi connectivity index (χ0v) is 13.3. The van der Waals surface area contributed by atoms with Crippen molar-refractivity contribution in [2.24, 2.45) is 5.41 Å². The predicted octanol–water partition coefficient (Wildman–Crippen LogP) is 3.98. The van der Waals surface area contributed by atoms with Crippen LogP contribution in [-0.2, 0) is 14.3 Å². The summed E-state index contributed by atoms with van der Waals surface area (Å²) in [6, 6.07) is 6.45. The Labute approximate surface area is 118 Å². The van der Waals surface area contributed by atoms with Crippen molar-refractivity contribution in [2.75, 3.05) is 6.61 Å². The molecule has 1 aromatic carbocycles.